The average molecular weight is 475 g/mol. The van der Waals surface area contributed by atoms with Crippen LogP contribution in [0.25, 0.3) is 11.1 Å². The Morgan fingerprint density at radius 1 is 1.19 bits per heavy atom. The van der Waals surface area contributed by atoms with Crippen LogP contribution in [0.1, 0.15) is 37.9 Å². The van der Waals surface area contributed by atoms with Gasteiger partial charge in [-0.25, -0.2) is 17.8 Å². The highest BCUT2D eigenvalue weighted by Gasteiger charge is 2.37. The highest BCUT2D eigenvalue weighted by Crippen LogP contribution is 2.33. The van der Waals surface area contributed by atoms with Crippen molar-refractivity contribution >= 4 is 38.1 Å². The monoisotopic (exact) mass is 474 g/mol. The van der Waals surface area contributed by atoms with E-state index in [9.17, 15) is 17.6 Å². The SMILES string of the molecule is Cc1cc(-c2cncc(F)c2)ccc1NC(=O)C(C)(C)c1csc(NS(=O)(=O)C2CC2)n1. The molecule has 0 unspecified atom stereocenters. The van der Waals surface area contributed by atoms with Gasteiger partial charge in [0.2, 0.25) is 15.9 Å². The molecule has 1 aliphatic rings. The number of halogens is 1. The molecule has 0 saturated heterocycles. The number of rotatable bonds is 7. The standard InChI is InChI=1S/C22H23FN4O3S2/c1-13-8-14(15-9-16(23)11-24-10-15)4-7-18(13)25-20(28)22(2,3)19-12-31-21(26-19)27-32(29,30)17-5-6-17/h4,7-12,17H,5-6H2,1-3H3,(H,25,28)(H,26,27). The summed E-state index contributed by atoms with van der Waals surface area (Å²) in [5.74, 6) is -0.691. The summed E-state index contributed by atoms with van der Waals surface area (Å²) >= 11 is 1.16. The van der Waals surface area contributed by atoms with E-state index in [4.69, 9.17) is 0 Å². The summed E-state index contributed by atoms with van der Waals surface area (Å²) in [6, 6.07) is 6.81. The maximum Gasteiger partial charge on any atom is 0.237 e. The van der Waals surface area contributed by atoms with E-state index in [0.29, 0.717) is 29.8 Å². The number of carbonyl (C=O) groups excluding carboxylic acids is 1. The fraction of sp³-hybridized carbons (Fsp3) is 0.318. The molecule has 2 aromatic heterocycles. The summed E-state index contributed by atoms with van der Waals surface area (Å²) in [5, 5.41) is 4.53. The second-order valence-electron chi connectivity index (χ2n) is 8.38. The van der Waals surface area contributed by atoms with Gasteiger partial charge in [0.15, 0.2) is 5.13 Å². The van der Waals surface area contributed by atoms with Gasteiger partial charge in [0, 0.05) is 22.8 Å². The molecule has 1 fully saturated rings. The Kier molecular flexibility index (Phi) is 5.76. The molecular weight excluding hydrogens is 451 g/mol. The summed E-state index contributed by atoms with van der Waals surface area (Å²) in [5.41, 5.74) is 2.37. The Bertz CT molecular complexity index is 1280. The van der Waals surface area contributed by atoms with Crippen molar-refractivity contribution in [1.82, 2.24) is 9.97 Å². The van der Waals surface area contributed by atoms with E-state index < -0.39 is 21.3 Å². The number of amides is 1. The fourth-order valence-electron chi connectivity index (χ4n) is 3.14. The number of carbonyl (C=O) groups is 1. The number of hydrogen-bond donors (Lipinski definition) is 2. The number of benzene rings is 1. The number of sulfonamides is 1. The van der Waals surface area contributed by atoms with Gasteiger partial charge in [-0.3, -0.25) is 14.5 Å². The lowest BCUT2D eigenvalue weighted by molar-refractivity contribution is -0.120. The molecular formula is C22H23FN4O3S2. The first-order valence-corrected chi connectivity index (χ1v) is 12.5. The van der Waals surface area contributed by atoms with Crippen LogP contribution < -0.4 is 10.0 Å². The van der Waals surface area contributed by atoms with Crippen LogP contribution in [-0.4, -0.2) is 29.5 Å². The van der Waals surface area contributed by atoms with Crippen molar-refractivity contribution in [2.45, 2.75) is 44.3 Å². The third-order valence-corrected chi connectivity index (χ3v) is 8.13. The highest BCUT2D eigenvalue weighted by atomic mass is 32.2. The van der Waals surface area contributed by atoms with Crippen molar-refractivity contribution in [3.8, 4) is 11.1 Å². The summed E-state index contributed by atoms with van der Waals surface area (Å²) in [7, 11) is -3.41. The topological polar surface area (TPSA) is 101 Å². The first kappa shape index (κ1) is 22.3. The minimum atomic E-state index is -3.41. The molecule has 2 N–H and O–H groups in total. The number of pyridine rings is 1. The molecule has 4 rings (SSSR count). The number of thiazole rings is 1. The van der Waals surface area contributed by atoms with Crippen molar-refractivity contribution in [2.75, 3.05) is 10.0 Å². The third-order valence-electron chi connectivity index (χ3n) is 5.42. The van der Waals surface area contributed by atoms with Gasteiger partial charge in [-0.05, 0) is 62.9 Å². The second-order valence-corrected chi connectivity index (χ2v) is 11.2. The molecule has 0 atom stereocenters. The van der Waals surface area contributed by atoms with Crippen LogP contribution in [0.5, 0.6) is 0 Å². The molecule has 0 spiro atoms. The zero-order chi connectivity index (χ0) is 23.1. The molecule has 1 aliphatic carbocycles. The number of aromatic nitrogens is 2. The van der Waals surface area contributed by atoms with Gasteiger partial charge in [0.05, 0.1) is 22.6 Å². The second kappa shape index (κ2) is 8.25. The summed E-state index contributed by atoms with van der Waals surface area (Å²) in [6.45, 7) is 5.32. The molecule has 168 valence electrons. The number of hydrogen-bond acceptors (Lipinski definition) is 6. The van der Waals surface area contributed by atoms with Crippen LogP contribution >= 0.6 is 11.3 Å². The molecule has 7 nitrogen and oxygen atoms in total. The van der Waals surface area contributed by atoms with Crippen LogP contribution in [0.2, 0.25) is 0 Å². The van der Waals surface area contributed by atoms with Crippen molar-refractivity contribution in [3.05, 3.63) is 59.1 Å². The molecule has 1 amide bonds. The lowest BCUT2D eigenvalue weighted by Gasteiger charge is -2.22. The molecule has 2 heterocycles. The Labute approximate surface area is 190 Å². The number of nitrogens with zero attached hydrogens (tertiary/aromatic N) is 2. The zero-order valence-electron chi connectivity index (χ0n) is 17.8. The first-order chi connectivity index (χ1) is 15.1. The Morgan fingerprint density at radius 2 is 1.94 bits per heavy atom. The number of aryl methyl sites for hydroxylation is 1. The number of anilines is 2. The zero-order valence-corrected chi connectivity index (χ0v) is 19.5. The normalized spacial score (nSPS) is 14.2. The molecule has 0 radical (unpaired) electrons. The van der Waals surface area contributed by atoms with E-state index in [1.807, 2.05) is 13.0 Å². The van der Waals surface area contributed by atoms with Gasteiger partial charge in [0.1, 0.15) is 5.82 Å². The van der Waals surface area contributed by atoms with Gasteiger partial charge in [0.25, 0.3) is 0 Å². The fourth-order valence-corrected chi connectivity index (χ4v) is 5.61. The molecule has 10 heteroatoms. The first-order valence-electron chi connectivity index (χ1n) is 10.1. The van der Waals surface area contributed by atoms with Crippen LogP contribution in [0.15, 0.2) is 42.0 Å². The lowest BCUT2D eigenvalue weighted by Crippen LogP contribution is -2.35. The van der Waals surface area contributed by atoms with Crippen LogP contribution in [0, 0.1) is 12.7 Å². The molecule has 1 aromatic carbocycles. The lowest BCUT2D eigenvalue weighted by atomic mass is 9.88. The van der Waals surface area contributed by atoms with Gasteiger partial charge in [-0.1, -0.05) is 6.07 Å². The summed E-state index contributed by atoms with van der Waals surface area (Å²) < 4.78 is 40.2. The predicted octanol–water partition coefficient (Wildman–Crippen LogP) is 4.47. The van der Waals surface area contributed by atoms with Gasteiger partial charge >= 0.3 is 0 Å². The van der Waals surface area contributed by atoms with Gasteiger partial charge in [-0.2, -0.15) is 0 Å². The molecule has 1 saturated carbocycles. The Balaban J connectivity index is 1.49. The predicted molar refractivity (Wildman–Crippen MR) is 124 cm³/mol. The maximum atomic E-state index is 13.5. The smallest absolute Gasteiger partial charge is 0.237 e. The third kappa shape index (κ3) is 4.66. The molecule has 3 aromatic rings. The van der Waals surface area contributed by atoms with Gasteiger partial charge < -0.3 is 5.32 Å². The van der Waals surface area contributed by atoms with Crippen molar-refractivity contribution in [3.63, 3.8) is 0 Å². The van der Waals surface area contributed by atoms with Crippen LogP contribution in [-0.2, 0) is 20.2 Å². The Hall–Kier alpha value is -2.85. The van der Waals surface area contributed by atoms with E-state index in [-0.39, 0.29) is 16.3 Å². The highest BCUT2D eigenvalue weighted by molar-refractivity contribution is 7.93. The molecule has 32 heavy (non-hydrogen) atoms. The van der Waals surface area contributed by atoms with E-state index >= 15 is 0 Å². The summed E-state index contributed by atoms with van der Waals surface area (Å²) in [6.07, 6.45) is 4.05. The van der Waals surface area contributed by atoms with Crippen LogP contribution in [0.3, 0.4) is 0 Å². The maximum absolute atomic E-state index is 13.5. The molecule has 0 aliphatic heterocycles. The van der Waals surface area contributed by atoms with Crippen molar-refractivity contribution in [2.24, 2.45) is 0 Å². The molecule has 0 bridgehead atoms. The van der Waals surface area contributed by atoms with E-state index in [1.165, 1.54) is 6.07 Å². The van der Waals surface area contributed by atoms with Gasteiger partial charge in [-0.15, -0.1) is 11.3 Å². The van der Waals surface area contributed by atoms with Crippen molar-refractivity contribution in [1.29, 1.82) is 0 Å². The number of nitrogens with one attached hydrogen (secondary N) is 2. The van der Waals surface area contributed by atoms with E-state index in [0.717, 1.165) is 28.7 Å². The minimum absolute atomic E-state index is 0.261. The van der Waals surface area contributed by atoms with Crippen LogP contribution in [0.4, 0.5) is 15.2 Å². The minimum Gasteiger partial charge on any atom is -0.325 e. The summed E-state index contributed by atoms with van der Waals surface area (Å²) in [4.78, 5) is 21.3. The van der Waals surface area contributed by atoms with Crippen molar-refractivity contribution < 1.29 is 17.6 Å². The van der Waals surface area contributed by atoms with E-state index in [2.05, 4.69) is 20.0 Å². The Morgan fingerprint density at radius 3 is 2.59 bits per heavy atom. The quantitative estimate of drug-likeness (QED) is 0.526. The van der Waals surface area contributed by atoms with E-state index in [1.54, 1.807) is 37.6 Å². The largest absolute Gasteiger partial charge is 0.325 e. The average Bonchev–Trinajstić information content (AvgIpc) is 3.50.